The van der Waals surface area contributed by atoms with Gasteiger partial charge in [0.25, 0.3) is 0 Å². The van der Waals surface area contributed by atoms with Gasteiger partial charge in [-0.15, -0.1) is 0 Å². The van der Waals surface area contributed by atoms with Crippen molar-refractivity contribution in [3.63, 3.8) is 0 Å². The standard InChI is InChI=1S/C20H32O4/c1-10-12-5-6-14-19(4)8-11(21)7-18(2,3)15(19)13(22)9-20(14,16(10)23)17(12)24/h11-17,21-24H,1,5-9H2,2-4H3. The van der Waals surface area contributed by atoms with Gasteiger partial charge < -0.3 is 20.4 Å². The first kappa shape index (κ1) is 17.0. The van der Waals surface area contributed by atoms with Crippen molar-refractivity contribution >= 4 is 0 Å². The Labute approximate surface area is 144 Å². The van der Waals surface area contributed by atoms with Crippen LogP contribution in [0.4, 0.5) is 0 Å². The van der Waals surface area contributed by atoms with E-state index in [0.29, 0.717) is 19.3 Å². The lowest BCUT2D eigenvalue weighted by Crippen LogP contribution is -2.67. The Morgan fingerprint density at radius 2 is 1.62 bits per heavy atom. The molecule has 9 unspecified atom stereocenters. The van der Waals surface area contributed by atoms with Crippen LogP contribution in [0.3, 0.4) is 0 Å². The van der Waals surface area contributed by atoms with E-state index in [1.165, 1.54) is 0 Å². The molecule has 4 aliphatic carbocycles. The molecule has 0 aromatic heterocycles. The largest absolute Gasteiger partial charge is 0.393 e. The van der Waals surface area contributed by atoms with Gasteiger partial charge in [-0.3, -0.25) is 0 Å². The fourth-order valence-corrected chi connectivity index (χ4v) is 8.09. The maximum atomic E-state index is 11.1. The third-order valence-corrected chi connectivity index (χ3v) is 8.42. The summed E-state index contributed by atoms with van der Waals surface area (Å²) in [5.41, 5.74) is -0.390. The highest BCUT2D eigenvalue weighted by Crippen LogP contribution is 2.71. The molecule has 4 aliphatic rings. The highest BCUT2D eigenvalue weighted by molar-refractivity contribution is 5.31. The highest BCUT2D eigenvalue weighted by atomic mass is 16.3. The van der Waals surface area contributed by atoms with E-state index in [-0.39, 0.29) is 34.7 Å². The summed E-state index contributed by atoms with van der Waals surface area (Å²) in [4.78, 5) is 0. The molecule has 4 fully saturated rings. The van der Waals surface area contributed by atoms with E-state index in [0.717, 1.165) is 18.4 Å². The van der Waals surface area contributed by atoms with Gasteiger partial charge in [0.2, 0.25) is 0 Å². The molecule has 4 heteroatoms. The molecule has 0 heterocycles. The Kier molecular flexibility index (Phi) is 3.44. The van der Waals surface area contributed by atoms with Crippen LogP contribution in [0, 0.1) is 34.0 Å². The zero-order valence-corrected chi connectivity index (χ0v) is 15.1. The zero-order valence-electron chi connectivity index (χ0n) is 15.1. The molecule has 2 bridgehead atoms. The van der Waals surface area contributed by atoms with Crippen molar-refractivity contribution in [2.24, 2.45) is 34.0 Å². The minimum atomic E-state index is -0.750. The minimum Gasteiger partial charge on any atom is -0.393 e. The van der Waals surface area contributed by atoms with Crippen LogP contribution >= 0.6 is 0 Å². The van der Waals surface area contributed by atoms with Gasteiger partial charge in [-0.05, 0) is 60.3 Å². The third-order valence-electron chi connectivity index (χ3n) is 8.42. The number of aliphatic hydroxyl groups excluding tert-OH is 4. The summed E-state index contributed by atoms with van der Waals surface area (Å²) < 4.78 is 0. The molecule has 4 N–H and O–H groups in total. The topological polar surface area (TPSA) is 80.9 Å². The summed E-state index contributed by atoms with van der Waals surface area (Å²) in [6, 6.07) is 0. The first-order valence-corrected chi connectivity index (χ1v) is 9.46. The summed E-state index contributed by atoms with van der Waals surface area (Å²) in [7, 11) is 0. The van der Waals surface area contributed by atoms with E-state index in [1.807, 2.05) is 0 Å². The van der Waals surface area contributed by atoms with Crippen LogP contribution in [-0.4, -0.2) is 44.8 Å². The van der Waals surface area contributed by atoms with Gasteiger partial charge in [-0.1, -0.05) is 27.4 Å². The molecule has 0 aliphatic heterocycles. The number of fused-ring (bicyclic) bond motifs is 3. The Bertz CT molecular complexity index is 572. The van der Waals surface area contributed by atoms with Crippen LogP contribution in [0.2, 0.25) is 0 Å². The van der Waals surface area contributed by atoms with Gasteiger partial charge in [-0.25, -0.2) is 0 Å². The minimum absolute atomic E-state index is 0.0508. The lowest BCUT2D eigenvalue weighted by molar-refractivity contribution is -0.252. The lowest BCUT2D eigenvalue weighted by atomic mass is 9.39. The van der Waals surface area contributed by atoms with Crippen molar-refractivity contribution < 1.29 is 20.4 Å². The van der Waals surface area contributed by atoms with Gasteiger partial charge >= 0.3 is 0 Å². The summed E-state index contributed by atoms with van der Waals surface area (Å²) in [5.74, 6) is 0.132. The summed E-state index contributed by atoms with van der Waals surface area (Å²) >= 11 is 0. The van der Waals surface area contributed by atoms with Crippen molar-refractivity contribution in [3.8, 4) is 0 Å². The Hall–Kier alpha value is -0.420. The predicted octanol–water partition coefficient (Wildman–Crippen LogP) is 1.86. The molecule has 0 saturated heterocycles. The Morgan fingerprint density at radius 1 is 0.958 bits per heavy atom. The highest BCUT2D eigenvalue weighted by Gasteiger charge is 2.72. The predicted molar refractivity (Wildman–Crippen MR) is 91.0 cm³/mol. The van der Waals surface area contributed by atoms with Gasteiger partial charge in [0.05, 0.1) is 24.4 Å². The summed E-state index contributed by atoms with van der Waals surface area (Å²) in [6.45, 7) is 10.5. The first-order valence-electron chi connectivity index (χ1n) is 9.46. The van der Waals surface area contributed by atoms with Crippen LogP contribution in [0.15, 0.2) is 12.2 Å². The van der Waals surface area contributed by atoms with Crippen molar-refractivity contribution in [2.75, 3.05) is 0 Å². The molecular formula is C20H32O4. The van der Waals surface area contributed by atoms with Crippen molar-refractivity contribution in [1.29, 1.82) is 0 Å². The monoisotopic (exact) mass is 336 g/mol. The molecule has 24 heavy (non-hydrogen) atoms. The molecular weight excluding hydrogens is 304 g/mol. The molecule has 0 aromatic carbocycles. The average molecular weight is 336 g/mol. The smallest absolute Gasteiger partial charge is 0.0836 e. The fourth-order valence-electron chi connectivity index (χ4n) is 8.09. The fraction of sp³-hybridized carbons (Fsp3) is 0.900. The average Bonchev–Trinajstić information content (AvgIpc) is 2.54. The van der Waals surface area contributed by atoms with Crippen molar-refractivity contribution in [2.45, 2.75) is 77.3 Å². The van der Waals surface area contributed by atoms with E-state index in [2.05, 4.69) is 27.4 Å². The quantitative estimate of drug-likeness (QED) is 0.509. The maximum Gasteiger partial charge on any atom is 0.0836 e. The van der Waals surface area contributed by atoms with Gasteiger partial charge in [0, 0.05) is 11.3 Å². The maximum absolute atomic E-state index is 11.1. The molecule has 136 valence electrons. The van der Waals surface area contributed by atoms with E-state index in [9.17, 15) is 20.4 Å². The van der Waals surface area contributed by atoms with Crippen LogP contribution in [0.5, 0.6) is 0 Å². The Morgan fingerprint density at radius 3 is 2.29 bits per heavy atom. The second kappa shape index (κ2) is 4.85. The van der Waals surface area contributed by atoms with Crippen LogP contribution in [0.25, 0.3) is 0 Å². The zero-order chi connectivity index (χ0) is 17.7. The van der Waals surface area contributed by atoms with E-state index in [1.54, 1.807) is 0 Å². The van der Waals surface area contributed by atoms with Crippen LogP contribution < -0.4 is 0 Å². The molecule has 4 saturated carbocycles. The molecule has 4 rings (SSSR count). The second-order valence-corrected chi connectivity index (χ2v) is 10.1. The van der Waals surface area contributed by atoms with E-state index >= 15 is 0 Å². The summed E-state index contributed by atoms with van der Waals surface area (Å²) in [6.07, 6.45) is 1.22. The molecule has 9 atom stereocenters. The van der Waals surface area contributed by atoms with Gasteiger partial charge in [-0.2, -0.15) is 0 Å². The Balaban J connectivity index is 1.86. The normalized spacial score (nSPS) is 59.0. The second-order valence-electron chi connectivity index (χ2n) is 10.1. The van der Waals surface area contributed by atoms with E-state index in [4.69, 9.17) is 0 Å². The molecule has 0 aromatic rings. The first-order chi connectivity index (χ1) is 11.1. The van der Waals surface area contributed by atoms with E-state index < -0.39 is 23.7 Å². The number of aliphatic hydroxyl groups is 4. The lowest BCUT2D eigenvalue weighted by Gasteiger charge is -2.66. The molecule has 0 radical (unpaired) electrons. The molecule has 4 nitrogen and oxygen atoms in total. The SMILES string of the molecule is C=C1C2CCC3C4(C)CC(O)CC(C)(C)C4C(O)CC3(C1O)C2O. The van der Waals surface area contributed by atoms with Gasteiger partial charge in [0.1, 0.15) is 0 Å². The van der Waals surface area contributed by atoms with Crippen LogP contribution in [0.1, 0.15) is 52.9 Å². The molecule has 0 amide bonds. The van der Waals surface area contributed by atoms with Crippen LogP contribution in [-0.2, 0) is 0 Å². The van der Waals surface area contributed by atoms with Gasteiger partial charge in [0.15, 0.2) is 0 Å². The number of hydrogen-bond donors (Lipinski definition) is 4. The molecule has 1 spiro atoms. The van der Waals surface area contributed by atoms with Crippen molar-refractivity contribution in [1.82, 2.24) is 0 Å². The summed E-state index contributed by atoms with van der Waals surface area (Å²) in [5, 5.41) is 43.8. The number of rotatable bonds is 0. The van der Waals surface area contributed by atoms with Crippen molar-refractivity contribution in [3.05, 3.63) is 12.2 Å². The third kappa shape index (κ3) is 1.78. The number of hydrogen-bond acceptors (Lipinski definition) is 4.